The van der Waals surface area contributed by atoms with Crippen molar-refractivity contribution in [3.05, 3.63) is 32.4 Å². The minimum absolute atomic E-state index is 0.995. The molecular weight excluding hydrogens is 270 g/mol. The SMILES string of the molecule is Brc1cc(CNCCC2=CCCC2)cs1. The molecule has 0 fully saturated rings. The van der Waals surface area contributed by atoms with Crippen LogP contribution in [0.4, 0.5) is 0 Å². The molecule has 1 aromatic heterocycles. The van der Waals surface area contributed by atoms with Gasteiger partial charge < -0.3 is 5.32 Å². The highest BCUT2D eigenvalue weighted by Gasteiger charge is 2.03. The number of halogens is 1. The average molecular weight is 286 g/mol. The van der Waals surface area contributed by atoms with Gasteiger partial charge in [0.25, 0.3) is 0 Å². The average Bonchev–Trinajstić information content (AvgIpc) is 2.84. The molecule has 0 atom stereocenters. The molecular formula is C12H16BrNS. The molecule has 0 aromatic carbocycles. The van der Waals surface area contributed by atoms with Gasteiger partial charge in [-0.1, -0.05) is 11.6 Å². The van der Waals surface area contributed by atoms with Gasteiger partial charge in [-0.05, 0) is 65.2 Å². The number of hydrogen-bond acceptors (Lipinski definition) is 2. The van der Waals surface area contributed by atoms with Crippen molar-refractivity contribution < 1.29 is 0 Å². The lowest BCUT2D eigenvalue weighted by molar-refractivity contribution is 0.677. The molecule has 0 spiro atoms. The van der Waals surface area contributed by atoms with Gasteiger partial charge in [0.05, 0.1) is 3.79 Å². The second-order valence-electron chi connectivity index (χ2n) is 3.94. The maximum Gasteiger partial charge on any atom is 0.0701 e. The standard InChI is InChI=1S/C12H16BrNS/c13-12-7-11(9-15-12)8-14-6-5-10-3-1-2-4-10/h3,7,9,14H,1-2,4-6,8H2. The summed E-state index contributed by atoms with van der Waals surface area (Å²) in [5.74, 6) is 0. The third-order valence-electron chi connectivity index (χ3n) is 2.71. The van der Waals surface area contributed by atoms with Crippen LogP contribution in [-0.2, 0) is 6.54 Å². The van der Waals surface area contributed by atoms with E-state index in [1.54, 1.807) is 16.9 Å². The summed E-state index contributed by atoms with van der Waals surface area (Å²) in [6.45, 7) is 2.11. The van der Waals surface area contributed by atoms with Crippen LogP contribution in [0.2, 0.25) is 0 Å². The fraction of sp³-hybridized carbons (Fsp3) is 0.500. The van der Waals surface area contributed by atoms with Crippen LogP contribution in [0.5, 0.6) is 0 Å². The van der Waals surface area contributed by atoms with Gasteiger partial charge in [-0.2, -0.15) is 0 Å². The van der Waals surface area contributed by atoms with Crippen LogP contribution in [0.25, 0.3) is 0 Å². The van der Waals surface area contributed by atoms with Gasteiger partial charge in [-0.3, -0.25) is 0 Å². The van der Waals surface area contributed by atoms with Crippen molar-refractivity contribution in [1.82, 2.24) is 5.32 Å². The summed E-state index contributed by atoms with van der Waals surface area (Å²) < 4.78 is 1.22. The Balaban J connectivity index is 1.62. The molecule has 0 saturated heterocycles. The predicted molar refractivity (Wildman–Crippen MR) is 70.3 cm³/mol. The van der Waals surface area contributed by atoms with Crippen molar-refractivity contribution in [2.75, 3.05) is 6.54 Å². The molecule has 82 valence electrons. The van der Waals surface area contributed by atoms with E-state index in [0.29, 0.717) is 0 Å². The van der Waals surface area contributed by atoms with E-state index >= 15 is 0 Å². The predicted octanol–water partition coefficient (Wildman–Crippen LogP) is 4.10. The van der Waals surface area contributed by atoms with Crippen LogP contribution in [0.15, 0.2) is 26.9 Å². The van der Waals surface area contributed by atoms with Crippen molar-refractivity contribution in [1.29, 1.82) is 0 Å². The normalized spacial score (nSPS) is 15.7. The van der Waals surface area contributed by atoms with Gasteiger partial charge in [0, 0.05) is 6.54 Å². The minimum atomic E-state index is 0.995. The molecule has 0 saturated carbocycles. The van der Waals surface area contributed by atoms with Crippen LogP contribution in [0.3, 0.4) is 0 Å². The summed E-state index contributed by atoms with van der Waals surface area (Å²) in [6.07, 6.45) is 7.62. The minimum Gasteiger partial charge on any atom is -0.312 e. The first-order chi connectivity index (χ1) is 7.34. The highest BCUT2D eigenvalue weighted by molar-refractivity contribution is 9.11. The van der Waals surface area contributed by atoms with Gasteiger partial charge in [-0.15, -0.1) is 11.3 Å². The third-order valence-corrected chi connectivity index (χ3v) is 4.26. The molecule has 0 radical (unpaired) electrons. The Hall–Kier alpha value is -0.120. The van der Waals surface area contributed by atoms with E-state index in [9.17, 15) is 0 Å². The molecule has 1 aliphatic carbocycles. The lowest BCUT2D eigenvalue weighted by atomic mass is 10.2. The van der Waals surface area contributed by atoms with Gasteiger partial charge >= 0.3 is 0 Å². The highest BCUT2D eigenvalue weighted by atomic mass is 79.9. The zero-order chi connectivity index (χ0) is 10.5. The van der Waals surface area contributed by atoms with E-state index in [1.165, 1.54) is 35.0 Å². The lowest BCUT2D eigenvalue weighted by Gasteiger charge is -2.03. The Bertz CT molecular complexity index is 343. The zero-order valence-electron chi connectivity index (χ0n) is 8.76. The van der Waals surface area contributed by atoms with Gasteiger partial charge in [-0.25, -0.2) is 0 Å². The second kappa shape index (κ2) is 5.83. The summed E-state index contributed by atoms with van der Waals surface area (Å²) in [5.41, 5.74) is 3.03. The molecule has 0 amide bonds. The van der Waals surface area contributed by atoms with Crippen LogP contribution < -0.4 is 5.32 Å². The number of nitrogens with one attached hydrogen (secondary N) is 1. The number of allylic oxidation sites excluding steroid dienone is 1. The van der Waals surface area contributed by atoms with E-state index in [2.05, 4.69) is 38.8 Å². The fourth-order valence-electron chi connectivity index (χ4n) is 1.88. The molecule has 2 rings (SSSR count). The lowest BCUT2D eigenvalue weighted by Crippen LogP contribution is -2.14. The first kappa shape index (κ1) is 11.4. The Morgan fingerprint density at radius 3 is 3.07 bits per heavy atom. The first-order valence-corrected chi connectivity index (χ1v) is 7.13. The topological polar surface area (TPSA) is 12.0 Å². The Kier molecular flexibility index (Phi) is 4.42. The monoisotopic (exact) mass is 285 g/mol. The molecule has 1 aliphatic rings. The van der Waals surface area contributed by atoms with Crippen molar-refractivity contribution in [3.8, 4) is 0 Å². The highest BCUT2D eigenvalue weighted by Crippen LogP contribution is 2.21. The van der Waals surface area contributed by atoms with Crippen molar-refractivity contribution in [3.63, 3.8) is 0 Å². The van der Waals surface area contributed by atoms with Gasteiger partial charge in [0.1, 0.15) is 0 Å². The van der Waals surface area contributed by atoms with Crippen molar-refractivity contribution >= 4 is 27.3 Å². The molecule has 1 heterocycles. The van der Waals surface area contributed by atoms with E-state index in [0.717, 1.165) is 13.1 Å². The molecule has 15 heavy (non-hydrogen) atoms. The van der Waals surface area contributed by atoms with E-state index in [1.807, 2.05) is 0 Å². The molecule has 3 heteroatoms. The Morgan fingerprint density at radius 2 is 2.40 bits per heavy atom. The van der Waals surface area contributed by atoms with Crippen molar-refractivity contribution in [2.45, 2.75) is 32.2 Å². The quantitative estimate of drug-likeness (QED) is 0.634. The largest absolute Gasteiger partial charge is 0.312 e. The molecule has 0 aliphatic heterocycles. The maximum atomic E-state index is 3.49. The van der Waals surface area contributed by atoms with Crippen LogP contribution in [0, 0.1) is 0 Å². The fourth-order valence-corrected chi connectivity index (χ4v) is 3.09. The smallest absolute Gasteiger partial charge is 0.0701 e. The van der Waals surface area contributed by atoms with E-state index in [4.69, 9.17) is 0 Å². The van der Waals surface area contributed by atoms with E-state index < -0.39 is 0 Å². The molecule has 0 unspecified atom stereocenters. The summed E-state index contributed by atoms with van der Waals surface area (Å²) >= 11 is 5.23. The summed E-state index contributed by atoms with van der Waals surface area (Å²) in [7, 11) is 0. The second-order valence-corrected chi connectivity index (χ2v) is 6.23. The summed E-state index contributed by atoms with van der Waals surface area (Å²) in [6, 6.07) is 2.19. The summed E-state index contributed by atoms with van der Waals surface area (Å²) in [4.78, 5) is 0. The van der Waals surface area contributed by atoms with Gasteiger partial charge in [0.15, 0.2) is 0 Å². The zero-order valence-corrected chi connectivity index (χ0v) is 11.2. The number of thiophene rings is 1. The van der Waals surface area contributed by atoms with E-state index in [-0.39, 0.29) is 0 Å². The van der Waals surface area contributed by atoms with Crippen LogP contribution >= 0.6 is 27.3 Å². The molecule has 0 bridgehead atoms. The Morgan fingerprint density at radius 1 is 1.47 bits per heavy atom. The van der Waals surface area contributed by atoms with Crippen LogP contribution in [-0.4, -0.2) is 6.54 Å². The molecule has 1 N–H and O–H groups in total. The first-order valence-electron chi connectivity index (χ1n) is 5.46. The van der Waals surface area contributed by atoms with Crippen LogP contribution in [0.1, 0.15) is 31.2 Å². The molecule has 1 nitrogen and oxygen atoms in total. The number of rotatable bonds is 5. The van der Waals surface area contributed by atoms with Crippen molar-refractivity contribution in [2.24, 2.45) is 0 Å². The number of hydrogen-bond donors (Lipinski definition) is 1. The molecule has 1 aromatic rings. The summed E-state index contributed by atoms with van der Waals surface area (Å²) in [5, 5.41) is 5.69. The Labute approximate surface area is 104 Å². The maximum absolute atomic E-state index is 3.49. The third kappa shape index (κ3) is 3.74. The van der Waals surface area contributed by atoms with Gasteiger partial charge in [0.2, 0.25) is 0 Å².